The molecule has 0 aliphatic rings. The van der Waals surface area contributed by atoms with Crippen LogP contribution in [0.15, 0.2) is 0 Å². The highest BCUT2D eigenvalue weighted by Gasteiger charge is 2.29. The standard InChI is InChI=1S/C10H20N2O5/c1-10(2,6-14)12(3)9(17)11-7(4-5-13)8(15)16/h7,13-14H,4-6H2,1-3H3,(H,11,17)(H,15,16)/t7-/m1/s1. The van der Waals surface area contributed by atoms with E-state index in [2.05, 4.69) is 5.32 Å². The minimum absolute atomic E-state index is 0.0610. The van der Waals surface area contributed by atoms with E-state index in [-0.39, 0.29) is 19.6 Å². The first-order valence-corrected chi connectivity index (χ1v) is 5.25. The second-order valence-electron chi connectivity index (χ2n) is 4.38. The first kappa shape index (κ1) is 15.7. The number of aliphatic hydroxyl groups is 2. The van der Waals surface area contributed by atoms with Gasteiger partial charge in [-0.25, -0.2) is 9.59 Å². The van der Waals surface area contributed by atoms with E-state index in [1.54, 1.807) is 13.8 Å². The molecule has 0 saturated carbocycles. The van der Waals surface area contributed by atoms with Crippen molar-refractivity contribution in [2.45, 2.75) is 31.8 Å². The molecule has 7 heteroatoms. The summed E-state index contributed by atoms with van der Waals surface area (Å²) in [7, 11) is 1.46. The topological polar surface area (TPSA) is 110 Å². The maximum absolute atomic E-state index is 11.7. The summed E-state index contributed by atoms with van der Waals surface area (Å²) in [6, 6.07) is -1.74. The fourth-order valence-electron chi connectivity index (χ4n) is 1.01. The van der Waals surface area contributed by atoms with Crippen LogP contribution in [-0.2, 0) is 4.79 Å². The van der Waals surface area contributed by atoms with Gasteiger partial charge in [0.2, 0.25) is 0 Å². The van der Waals surface area contributed by atoms with Crippen molar-refractivity contribution in [2.24, 2.45) is 0 Å². The highest BCUT2D eigenvalue weighted by atomic mass is 16.4. The Labute approximate surface area is 100 Å². The molecule has 1 atom stereocenters. The van der Waals surface area contributed by atoms with Crippen molar-refractivity contribution in [2.75, 3.05) is 20.3 Å². The number of hydrogen-bond donors (Lipinski definition) is 4. The summed E-state index contributed by atoms with van der Waals surface area (Å²) in [4.78, 5) is 23.7. The van der Waals surface area contributed by atoms with Crippen molar-refractivity contribution in [3.63, 3.8) is 0 Å². The lowest BCUT2D eigenvalue weighted by atomic mass is 10.1. The van der Waals surface area contributed by atoms with Crippen molar-refractivity contribution in [3.05, 3.63) is 0 Å². The quantitative estimate of drug-likeness (QED) is 0.493. The highest BCUT2D eigenvalue weighted by molar-refractivity contribution is 5.82. The summed E-state index contributed by atoms with van der Waals surface area (Å²) < 4.78 is 0. The van der Waals surface area contributed by atoms with Crippen LogP contribution < -0.4 is 5.32 Å². The first-order valence-electron chi connectivity index (χ1n) is 5.25. The van der Waals surface area contributed by atoms with E-state index in [1.807, 2.05) is 0 Å². The lowest BCUT2D eigenvalue weighted by molar-refractivity contribution is -0.139. The molecule has 2 amide bonds. The molecular formula is C10H20N2O5. The van der Waals surface area contributed by atoms with Gasteiger partial charge in [0.1, 0.15) is 6.04 Å². The summed E-state index contributed by atoms with van der Waals surface area (Å²) in [6.07, 6.45) is -0.0610. The van der Waals surface area contributed by atoms with Crippen LogP contribution in [0.3, 0.4) is 0 Å². The Hall–Kier alpha value is -1.34. The minimum Gasteiger partial charge on any atom is -0.480 e. The second kappa shape index (κ2) is 6.41. The van der Waals surface area contributed by atoms with Crippen molar-refractivity contribution < 1.29 is 24.9 Å². The largest absolute Gasteiger partial charge is 0.480 e. The summed E-state index contributed by atoms with van der Waals surface area (Å²) in [5.41, 5.74) is -0.785. The van der Waals surface area contributed by atoms with E-state index in [4.69, 9.17) is 15.3 Å². The molecule has 7 nitrogen and oxygen atoms in total. The number of carbonyl (C=O) groups is 2. The van der Waals surface area contributed by atoms with Gasteiger partial charge in [-0.3, -0.25) is 0 Å². The number of likely N-dealkylation sites (N-methyl/N-ethyl adjacent to an activating group) is 1. The molecule has 0 saturated heterocycles. The molecule has 0 rings (SSSR count). The van der Waals surface area contributed by atoms with Crippen LogP contribution in [-0.4, -0.2) is 64.1 Å². The van der Waals surface area contributed by atoms with Crippen LogP contribution in [0.25, 0.3) is 0 Å². The van der Waals surface area contributed by atoms with Gasteiger partial charge >= 0.3 is 12.0 Å². The van der Waals surface area contributed by atoms with Gasteiger partial charge in [-0.05, 0) is 13.8 Å². The van der Waals surface area contributed by atoms with Crippen LogP contribution in [0, 0.1) is 0 Å². The van der Waals surface area contributed by atoms with E-state index < -0.39 is 23.6 Å². The average molecular weight is 248 g/mol. The Morgan fingerprint density at radius 3 is 2.24 bits per heavy atom. The molecule has 0 aliphatic carbocycles. The van der Waals surface area contributed by atoms with Crippen LogP contribution in [0.2, 0.25) is 0 Å². The lowest BCUT2D eigenvalue weighted by Gasteiger charge is -2.34. The zero-order valence-electron chi connectivity index (χ0n) is 10.3. The van der Waals surface area contributed by atoms with Crippen LogP contribution in [0.4, 0.5) is 4.79 Å². The first-order chi connectivity index (χ1) is 7.76. The third kappa shape index (κ3) is 4.58. The number of aliphatic carboxylic acids is 1. The molecule has 0 heterocycles. The number of carboxylic acids is 1. The third-order valence-electron chi connectivity index (χ3n) is 2.61. The van der Waals surface area contributed by atoms with Crippen molar-refractivity contribution >= 4 is 12.0 Å². The van der Waals surface area contributed by atoms with Crippen LogP contribution >= 0.6 is 0 Å². The zero-order chi connectivity index (χ0) is 13.6. The van der Waals surface area contributed by atoms with Gasteiger partial charge in [-0.2, -0.15) is 0 Å². The molecule has 0 fully saturated rings. The van der Waals surface area contributed by atoms with Crippen molar-refractivity contribution in [1.29, 1.82) is 0 Å². The van der Waals surface area contributed by atoms with Crippen LogP contribution in [0.5, 0.6) is 0 Å². The number of carboxylic acid groups (broad SMARTS) is 1. The van der Waals surface area contributed by atoms with Crippen molar-refractivity contribution in [1.82, 2.24) is 10.2 Å². The van der Waals surface area contributed by atoms with Gasteiger partial charge in [0, 0.05) is 20.1 Å². The molecule has 0 aromatic heterocycles. The normalized spacial score (nSPS) is 13.0. The van der Waals surface area contributed by atoms with Gasteiger partial charge in [-0.15, -0.1) is 0 Å². The zero-order valence-corrected chi connectivity index (χ0v) is 10.3. The third-order valence-corrected chi connectivity index (χ3v) is 2.61. The van der Waals surface area contributed by atoms with E-state index in [0.717, 1.165) is 0 Å². The predicted octanol–water partition coefficient (Wildman–Crippen LogP) is -0.766. The van der Waals surface area contributed by atoms with Gasteiger partial charge in [-0.1, -0.05) is 0 Å². The van der Waals surface area contributed by atoms with E-state index in [1.165, 1.54) is 11.9 Å². The van der Waals surface area contributed by atoms with E-state index >= 15 is 0 Å². The van der Waals surface area contributed by atoms with Crippen molar-refractivity contribution in [3.8, 4) is 0 Å². The molecule has 0 spiro atoms. The highest BCUT2D eigenvalue weighted by Crippen LogP contribution is 2.11. The predicted molar refractivity (Wildman–Crippen MR) is 60.6 cm³/mol. The van der Waals surface area contributed by atoms with Gasteiger partial charge in [0.15, 0.2) is 0 Å². The number of nitrogens with zero attached hydrogens (tertiary/aromatic N) is 1. The molecule has 4 N–H and O–H groups in total. The van der Waals surface area contributed by atoms with Gasteiger partial charge in [0.25, 0.3) is 0 Å². The fraction of sp³-hybridized carbons (Fsp3) is 0.800. The minimum atomic E-state index is -1.21. The summed E-state index contributed by atoms with van der Waals surface area (Å²) in [5.74, 6) is -1.21. The molecule has 0 aromatic carbocycles. The molecule has 0 aromatic rings. The average Bonchev–Trinajstić information content (AvgIpc) is 2.27. The number of carbonyl (C=O) groups excluding carboxylic acids is 1. The fourth-order valence-corrected chi connectivity index (χ4v) is 1.01. The summed E-state index contributed by atoms with van der Waals surface area (Å²) in [6.45, 7) is 2.72. The molecule has 0 unspecified atom stereocenters. The summed E-state index contributed by atoms with van der Waals surface area (Å²) in [5, 5.41) is 28.8. The Balaban J connectivity index is 4.56. The maximum Gasteiger partial charge on any atom is 0.326 e. The maximum atomic E-state index is 11.7. The van der Waals surface area contributed by atoms with Gasteiger partial charge < -0.3 is 25.5 Å². The monoisotopic (exact) mass is 248 g/mol. The number of aliphatic hydroxyl groups excluding tert-OH is 2. The van der Waals surface area contributed by atoms with Crippen LogP contribution in [0.1, 0.15) is 20.3 Å². The molecule has 0 bridgehead atoms. The Morgan fingerprint density at radius 1 is 1.35 bits per heavy atom. The van der Waals surface area contributed by atoms with E-state index in [0.29, 0.717) is 0 Å². The summed E-state index contributed by atoms with van der Waals surface area (Å²) >= 11 is 0. The number of urea groups is 1. The molecular weight excluding hydrogens is 228 g/mol. The number of nitrogens with one attached hydrogen (secondary N) is 1. The number of hydrogen-bond acceptors (Lipinski definition) is 4. The molecule has 0 aliphatic heterocycles. The number of amides is 2. The number of rotatable bonds is 6. The Kier molecular flexibility index (Phi) is 5.90. The SMILES string of the molecule is CN(C(=O)N[C@H](CCO)C(=O)O)C(C)(C)CO. The molecule has 17 heavy (non-hydrogen) atoms. The molecule has 0 radical (unpaired) electrons. The molecule has 100 valence electrons. The smallest absolute Gasteiger partial charge is 0.326 e. The Morgan fingerprint density at radius 2 is 1.88 bits per heavy atom. The van der Waals surface area contributed by atoms with E-state index in [9.17, 15) is 9.59 Å². The Bertz CT molecular complexity index is 280. The second-order valence-corrected chi connectivity index (χ2v) is 4.38. The van der Waals surface area contributed by atoms with Gasteiger partial charge in [0.05, 0.1) is 12.1 Å². The lowest BCUT2D eigenvalue weighted by Crippen LogP contribution is -2.55.